The molecule has 1 fully saturated rings. The van der Waals surface area contributed by atoms with Gasteiger partial charge in [0.15, 0.2) is 0 Å². The zero-order valence-corrected chi connectivity index (χ0v) is 20.0. The molecule has 1 N–H and O–H groups in total. The number of amides is 1. The lowest BCUT2D eigenvalue weighted by Gasteiger charge is -2.22. The normalized spacial score (nSPS) is 17.7. The van der Waals surface area contributed by atoms with Crippen LogP contribution < -0.4 is 5.32 Å². The first-order chi connectivity index (χ1) is 17.5. The molecule has 0 aromatic heterocycles. The number of fused-ring (bicyclic) bond motifs is 1. The summed E-state index contributed by atoms with van der Waals surface area (Å²) in [6.07, 6.45) is 0.480. The molecule has 0 radical (unpaired) electrons. The fourth-order valence-corrected chi connectivity index (χ4v) is 4.89. The van der Waals surface area contributed by atoms with E-state index in [1.165, 1.54) is 24.6 Å². The molecule has 1 saturated heterocycles. The second-order valence-electron chi connectivity index (χ2n) is 9.14. The predicted octanol–water partition coefficient (Wildman–Crippen LogP) is 5.19. The molecule has 0 aliphatic carbocycles. The molecule has 1 aliphatic rings. The molecule has 0 bridgehead atoms. The fraction of sp³-hybridized carbons (Fsp3) is 0.200. The van der Waals surface area contributed by atoms with E-state index in [0.29, 0.717) is 25.1 Å². The van der Waals surface area contributed by atoms with E-state index in [4.69, 9.17) is 4.74 Å². The van der Waals surface area contributed by atoms with Crippen LogP contribution in [0.4, 0.5) is 4.39 Å². The Morgan fingerprint density at radius 2 is 1.69 bits per heavy atom. The van der Waals surface area contributed by atoms with Crippen LogP contribution in [0.5, 0.6) is 0 Å². The van der Waals surface area contributed by atoms with Crippen molar-refractivity contribution in [3.05, 3.63) is 108 Å². The number of methoxy groups -OCH3 is 1. The van der Waals surface area contributed by atoms with Crippen LogP contribution in [0.25, 0.3) is 21.9 Å². The molecule has 2 atom stereocenters. The Labute approximate surface area is 209 Å². The van der Waals surface area contributed by atoms with Crippen molar-refractivity contribution in [3.8, 4) is 11.1 Å². The Morgan fingerprint density at radius 1 is 0.917 bits per heavy atom. The van der Waals surface area contributed by atoms with Crippen LogP contribution in [0.1, 0.15) is 22.3 Å². The first-order valence-corrected chi connectivity index (χ1v) is 12.0. The molecule has 4 aromatic rings. The molecule has 6 heteroatoms. The van der Waals surface area contributed by atoms with Crippen LogP contribution in [0.2, 0.25) is 0 Å². The molecule has 36 heavy (non-hydrogen) atoms. The zero-order chi connectivity index (χ0) is 25.1. The molecular formula is C30H27FN2O3. The first kappa shape index (κ1) is 23.7. The minimum Gasteiger partial charge on any atom is -0.468 e. The molecule has 0 unspecified atom stereocenters. The molecular weight excluding hydrogens is 455 g/mol. The van der Waals surface area contributed by atoms with Crippen molar-refractivity contribution in [1.82, 2.24) is 10.2 Å². The number of carbonyl (C=O) groups is 2. The summed E-state index contributed by atoms with van der Waals surface area (Å²) < 4.78 is 18.6. The second kappa shape index (κ2) is 10.3. The van der Waals surface area contributed by atoms with Crippen LogP contribution >= 0.6 is 0 Å². The molecule has 5 nitrogen and oxygen atoms in total. The molecule has 182 valence electrons. The fourth-order valence-electron chi connectivity index (χ4n) is 4.89. The van der Waals surface area contributed by atoms with Crippen molar-refractivity contribution in [3.63, 3.8) is 0 Å². The number of benzene rings is 4. The number of nitrogens with one attached hydrogen (secondary N) is 1. The quantitative estimate of drug-likeness (QED) is 0.384. The van der Waals surface area contributed by atoms with Gasteiger partial charge < -0.3 is 10.1 Å². The average molecular weight is 483 g/mol. The highest BCUT2D eigenvalue weighted by Crippen LogP contribution is 2.25. The van der Waals surface area contributed by atoms with Gasteiger partial charge >= 0.3 is 5.97 Å². The van der Waals surface area contributed by atoms with Crippen LogP contribution in [0, 0.1) is 5.82 Å². The Bertz CT molecular complexity index is 1400. The first-order valence-electron chi connectivity index (χ1n) is 12.0. The summed E-state index contributed by atoms with van der Waals surface area (Å²) in [6, 6.07) is 27.3. The molecule has 0 saturated carbocycles. The number of likely N-dealkylation sites (tertiary alicyclic amines) is 1. The highest BCUT2D eigenvalue weighted by Gasteiger charge is 2.38. The van der Waals surface area contributed by atoms with E-state index in [2.05, 4.69) is 40.5 Å². The number of carbonyl (C=O) groups excluding carboxylic acids is 2. The van der Waals surface area contributed by atoms with Crippen LogP contribution in [-0.4, -0.2) is 42.5 Å². The Balaban J connectivity index is 1.27. The third kappa shape index (κ3) is 5.14. The Hall–Kier alpha value is -4.03. The number of hydrogen-bond donors (Lipinski definition) is 1. The number of halogens is 1. The lowest BCUT2D eigenvalue weighted by Crippen LogP contribution is -2.37. The number of ether oxygens (including phenoxy) is 1. The van der Waals surface area contributed by atoms with Crippen molar-refractivity contribution in [1.29, 1.82) is 0 Å². The Kier molecular flexibility index (Phi) is 6.78. The van der Waals surface area contributed by atoms with Crippen LogP contribution in [0.3, 0.4) is 0 Å². The van der Waals surface area contributed by atoms with E-state index in [1.807, 2.05) is 30.3 Å². The van der Waals surface area contributed by atoms with Crippen molar-refractivity contribution < 1.29 is 18.7 Å². The van der Waals surface area contributed by atoms with Gasteiger partial charge in [0.2, 0.25) is 0 Å². The molecule has 4 aromatic carbocycles. The van der Waals surface area contributed by atoms with Crippen molar-refractivity contribution in [2.45, 2.75) is 25.0 Å². The van der Waals surface area contributed by atoms with Gasteiger partial charge in [-0.15, -0.1) is 0 Å². The summed E-state index contributed by atoms with van der Waals surface area (Å²) in [5.41, 5.74) is 3.20. The van der Waals surface area contributed by atoms with E-state index in [-0.39, 0.29) is 23.7 Å². The van der Waals surface area contributed by atoms with E-state index in [0.717, 1.165) is 22.1 Å². The van der Waals surface area contributed by atoms with Crippen molar-refractivity contribution in [2.24, 2.45) is 0 Å². The molecule has 1 aliphatic heterocycles. The molecule has 5 rings (SSSR count). The minimum atomic E-state index is -0.429. The van der Waals surface area contributed by atoms with Gasteiger partial charge in [0.25, 0.3) is 5.91 Å². The van der Waals surface area contributed by atoms with E-state index < -0.39 is 6.04 Å². The average Bonchev–Trinajstić information content (AvgIpc) is 3.30. The van der Waals surface area contributed by atoms with Gasteiger partial charge in [0, 0.05) is 24.7 Å². The monoisotopic (exact) mass is 482 g/mol. The molecule has 0 spiro atoms. The van der Waals surface area contributed by atoms with Gasteiger partial charge in [-0.1, -0.05) is 60.7 Å². The van der Waals surface area contributed by atoms with Gasteiger partial charge in [-0.05, 0) is 64.2 Å². The summed E-state index contributed by atoms with van der Waals surface area (Å²) in [6.45, 7) is 1.12. The number of esters is 1. The van der Waals surface area contributed by atoms with Crippen molar-refractivity contribution in [2.75, 3.05) is 13.7 Å². The minimum absolute atomic E-state index is 0.190. The highest BCUT2D eigenvalue weighted by atomic mass is 19.1. The van der Waals surface area contributed by atoms with Gasteiger partial charge in [-0.25, -0.2) is 4.39 Å². The third-order valence-corrected chi connectivity index (χ3v) is 6.72. The third-order valence-electron chi connectivity index (χ3n) is 6.72. The summed E-state index contributed by atoms with van der Waals surface area (Å²) in [5.74, 6) is -0.807. The number of nitrogens with zero attached hydrogens (tertiary/aromatic N) is 1. The maximum atomic E-state index is 13.5. The second-order valence-corrected chi connectivity index (χ2v) is 9.14. The Morgan fingerprint density at radius 3 is 2.44 bits per heavy atom. The van der Waals surface area contributed by atoms with Crippen molar-refractivity contribution >= 4 is 22.6 Å². The molecule has 1 amide bonds. The van der Waals surface area contributed by atoms with Crippen LogP contribution in [-0.2, 0) is 16.1 Å². The van der Waals surface area contributed by atoms with Crippen LogP contribution in [0.15, 0.2) is 91.0 Å². The zero-order valence-electron chi connectivity index (χ0n) is 20.0. The maximum Gasteiger partial charge on any atom is 0.323 e. The SMILES string of the molecule is COC(=O)[C@@H]1C[C@@H](NC(=O)c2ccc(-c3cccc(F)c3)cc2)CN1Cc1ccc2ccccc2c1. The standard InChI is InChI=1S/C30H27FN2O3/c1-36-30(35)28-17-27(19-33(28)18-20-9-10-21-5-2-3-6-24(21)15-20)32-29(34)23-13-11-22(12-14-23)25-7-4-8-26(31)16-25/h2-16,27-28H,17-19H2,1H3,(H,32,34)/t27-,28+/m1/s1. The van der Waals surface area contributed by atoms with Gasteiger partial charge in [0.1, 0.15) is 11.9 Å². The smallest absolute Gasteiger partial charge is 0.323 e. The van der Waals surface area contributed by atoms with E-state index >= 15 is 0 Å². The largest absolute Gasteiger partial charge is 0.468 e. The summed E-state index contributed by atoms with van der Waals surface area (Å²) >= 11 is 0. The predicted molar refractivity (Wildman–Crippen MR) is 138 cm³/mol. The lowest BCUT2D eigenvalue weighted by atomic mass is 10.0. The number of hydrogen-bond acceptors (Lipinski definition) is 4. The van der Waals surface area contributed by atoms with Gasteiger partial charge in [0.05, 0.1) is 7.11 Å². The van der Waals surface area contributed by atoms with E-state index in [1.54, 1.807) is 18.2 Å². The summed E-state index contributed by atoms with van der Waals surface area (Å²) in [4.78, 5) is 27.5. The summed E-state index contributed by atoms with van der Waals surface area (Å²) in [7, 11) is 1.39. The number of rotatable bonds is 6. The van der Waals surface area contributed by atoms with Gasteiger partial charge in [-0.3, -0.25) is 14.5 Å². The molecule has 1 heterocycles. The maximum absolute atomic E-state index is 13.5. The topological polar surface area (TPSA) is 58.6 Å². The highest BCUT2D eigenvalue weighted by molar-refractivity contribution is 5.95. The summed E-state index contributed by atoms with van der Waals surface area (Å²) in [5, 5.41) is 5.39. The van der Waals surface area contributed by atoms with Gasteiger partial charge in [-0.2, -0.15) is 0 Å². The van der Waals surface area contributed by atoms with E-state index in [9.17, 15) is 14.0 Å². The lowest BCUT2D eigenvalue weighted by molar-refractivity contribution is -0.146.